The molecule has 1 saturated heterocycles. The summed E-state index contributed by atoms with van der Waals surface area (Å²) in [4.78, 5) is 29.5. The number of methoxy groups -OCH3 is 1. The highest BCUT2D eigenvalue weighted by Crippen LogP contribution is 2.43. The maximum atomic E-state index is 13.0. The van der Waals surface area contributed by atoms with Gasteiger partial charge in [0.25, 0.3) is 11.1 Å². The minimum absolute atomic E-state index is 0.112. The van der Waals surface area contributed by atoms with E-state index in [9.17, 15) is 9.59 Å². The summed E-state index contributed by atoms with van der Waals surface area (Å²) >= 11 is 4.37. The molecular weight excluding hydrogens is 488 g/mol. The summed E-state index contributed by atoms with van der Waals surface area (Å²) in [5, 5.41) is -0.265. The van der Waals surface area contributed by atoms with Crippen LogP contribution in [0.4, 0.5) is 10.5 Å². The quantitative estimate of drug-likeness (QED) is 0.448. The van der Waals surface area contributed by atoms with Crippen LogP contribution < -0.4 is 9.64 Å². The summed E-state index contributed by atoms with van der Waals surface area (Å²) in [7, 11) is 3.68. The minimum Gasteiger partial charge on any atom is -0.496 e. The zero-order valence-electron chi connectivity index (χ0n) is 18.7. The molecule has 2 amide bonds. The van der Waals surface area contributed by atoms with E-state index < -0.39 is 0 Å². The molecule has 32 heavy (non-hydrogen) atoms. The number of amides is 2. The number of benzene rings is 2. The lowest BCUT2D eigenvalue weighted by atomic mass is 9.88. The predicted octanol–water partition coefficient (Wildman–Crippen LogP) is 6.33. The lowest BCUT2D eigenvalue weighted by Crippen LogP contribution is -2.42. The van der Waals surface area contributed by atoms with E-state index in [1.807, 2.05) is 36.4 Å². The van der Waals surface area contributed by atoms with Gasteiger partial charge in [0, 0.05) is 34.4 Å². The zero-order chi connectivity index (χ0) is 23.2. The van der Waals surface area contributed by atoms with Crippen LogP contribution in [-0.4, -0.2) is 35.7 Å². The van der Waals surface area contributed by atoms with Gasteiger partial charge in [-0.3, -0.25) is 14.5 Å². The van der Waals surface area contributed by atoms with E-state index in [-0.39, 0.29) is 23.2 Å². The number of rotatable bonds is 4. The maximum Gasteiger partial charge on any atom is 0.293 e. The van der Waals surface area contributed by atoms with E-state index in [4.69, 9.17) is 4.74 Å². The van der Waals surface area contributed by atoms with Crippen molar-refractivity contribution in [3.05, 3.63) is 68.5 Å². The van der Waals surface area contributed by atoms with Gasteiger partial charge in [-0.2, -0.15) is 0 Å². The van der Waals surface area contributed by atoms with Crippen LogP contribution in [0.1, 0.15) is 37.5 Å². The molecule has 0 aliphatic carbocycles. The van der Waals surface area contributed by atoms with Crippen molar-refractivity contribution >= 4 is 56.2 Å². The molecule has 2 aliphatic heterocycles. The smallest absolute Gasteiger partial charge is 0.293 e. The van der Waals surface area contributed by atoms with Crippen LogP contribution in [0.3, 0.4) is 0 Å². The molecular formula is C25H25BrN2O3S. The first-order chi connectivity index (χ1) is 15.1. The number of carbonyl (C=O) groups is 2. The monoisotopic (exact) mass is 512 g/mol. The molecule has 0 radical (unpaired) electrons. The van der Waals surface area contributed by atoms with Crippen molar-refractivity contribution in [3.8, 4) is 5.75 Å². The van der Waals surface area contributed by atoms with Gasteiger partial charge in [-0.1, -0.05) is 34.1 Å². The van der Waals surface area contributed by atoms with E-state index in [1.165, 1.54) is 10.5 Å². The Labute approximate surface area is 201 Å². The third kappa shape index (κ3) is 4.11. The van der Waals surface area contributed by atoms with Gasteiger partial charge in [-0.15, -0.1) is 0 Å². The van der Waals surface area contributed by atoms with Gasteiger partial charge in [0.05, 0.1) is 24.1 Å². The molecule has 0 bridgehead atoms. The molecule has 2 aromatic rings. The van der Waals surface area contributed by atoms with Crippen LogP contribution in [0.15, 0.2) is 51.9 Å². The predicted molar refractivity (Wildman–Crippen MR) is 135 cm³/mol. The number of hydrogen-bond donors (Lipinski definition) is 0. The zero-order valence-corrected chi connectivity index (χ0v) is 21.1. The highest BCUT2D eigenvalue weighted by atomic mass is 79.9. The molecule has 2 aromatic carbocycles. The fourth-order valence-electron chi connectivity index (χ4n) is 4.03. The molecule has 2 heterocycles. The standard InChI is InChI=1S/C25H25BrN2O3S/c1-15-13-25(2,3)27(4)20-12-21(31-5)17(10-19(15)20)11-22-23(29)28(24(30)32-22)14-16-6-8-18(26)9-7-16/h6-13H,14H2,1-5H3/b22-11+. The Morgan fingerprint density at radius 3 is 2.50 bits per heavy atom. The van der Waals surface area contributed by atoms with Crippen LogP contribution in [-0.2, 0) is 11.3 Å². The number of thioether (sulfide) groups is 1. The number of hydrogen-bond acceptors (Lipinski definition) is 5. The Morgan fingerprint density at radius 2 is 1.84 bits per heavy atom. The molecule has 0 aromatic heterocycles. The third-order valence-corrected chi connectivity index (χ3v) is 7.42. The molecule has 0 unspecified atom stereocenters. The van der Waals surface area contributed by atoms with Crippen molar-refractivity contribution in [2.45, 2.75) is 32.9 Å². The first-order valence-corrected chi connectivity index (χ1v) is 11.9. The van der Waals surface area contributed by atoms with Gasteiger partial charge < -0.3 is 9.64 Å². The van der Waals surface area contributed by atoms with E-state index in [1.54, 1.807) is 13.2 Å². The van der Waals surface area contributed by atoms with Crippen molar-refractivity contribution in [1.29, 1.82) is 0 Å². The second-order valence-electron chi connectivity index (χ2n) is 8.55. The minimum atomic E-state index is -0.284. The molecule has 5 nitrogen and oxygen atoms in total. The Morgan fingerprint density at radius 1 is 1.16 bits per heavy atom. The number of likely N-dealkylation sites (N-methyl/N-ethyl adjacent to an activating group) is 1. The third-order valence-electron chi connectivity index (χ3n) is 5.98. The topological polar surface area (TPSA) is 49.9 Å². The fourth-order valence-corrected chi connectivity index (χ4v) is 5.13. The molecule has 0 spiro atoms. The second-order valence-corrected chi connectivity index (χ2v) is 10.5. The number of nitrogens with zero attached hydrogens (tertiary/aromatic N) is 2. The number of halogens is 1. The van der Waals surface area contributed by atoms with Crippen LogP contribution in [0.2, 0.25) is 0 Å². The van der Waals surface area contributed by atoms with Crippen LogP contribution >= 0.6 is 27.7 Å². The summed E-state index contributed by atoms with van der Waals surface area (Å²) in [6.45, 7) is 6.68. The number of allylic oxidation sites excluding steroid dienone is 1. The SMILES string of the molecule is COc1cc2c(cc1/C=C1/SC(=O)N(Cc3ccc(Br)cc3)C1=O)C(C)=CC(C)(C)N2C. The van der Waals surface area contributed by atoms with Crippen LogP contribution in [0.25, 0.3) is 11.6 Å². The van der Waals surface area contributed by atoms with Crippen molar-refractivity contribution in [2.75, 3.05) is 19.1 Å². The number of carbonyl (C=O) groups excluding carboxylic acids is 2. The average molecular weight is 513 g/mol. The largest absolute Gasteiger partial charge is 0.496 e. The first-order valence-electron chi connectivity index (χ1n) is 10.3. The van der Waals surface area contributed by atoms with Crippen molar-refractivity contribution in [3.63, 3.8) is 0 Å². The highest BCUT2D eigenvalue weighted by molar-refractivity contribution is 9.10. The average Bonchev–Trinajstić information content (AvgIpc) is 3.00. The molecule has 0 N–H and O–H groups in total. The highest BCUT2D eigenvalue weighted by Gasteiger charge is 2.35. The molecule has 2 aliphatic rings. The van der Waals surface area contributed by atoms with Gasteiger partial charge in [0.2, 0.25) is 0 Å². The van der Waals surface area contributed by atoms with Gasteiger partial charge in [-0.25, -0.2) is 0 Å². The molecule has 1 fully saturated rings. The van der Waals surface area contributed by atoms with Gasteiger partial charge >= 0.3 is 0 Å². The lowest BCUT2D eigenvalue weighted by molar-refractivity contribution is -0.123. The first kappa shape index (κ1) is 22.7. The van der Waals surface area contributed by atoms with Crippen molar-refractivity contribution in [1.82, 2.24) is 4.90 Å². The van der Waals surface area contributed by atoms with E-state index in [0.717, 1.165) is 38.6 Å². The van der Waals surface area contributed by atoms with Gasteiger partial charge in [0.1, 0.15) is 5.75 Å². The van der Waals surface area contributed by atoms with E-state index in [0.29, 0.717) is 10.7 Å². The second kappa shape index (κ2) is 8.45. The number of anilines is 1. The summed E-state index contributed by atoms with van der Waals surface area (Å²) in [5.41, 5.74) is 4.90. The summed E-state index contributed by atoms with van der Waals surface area (Å²) in [5.74, 6) is 0.383. The Kier molecular flexibility index (Phi) is 5.98. The Bertz CT molecular complexity index is 1170. The molecule has 0 atom stereocenters. The fraction of sp³-hybridized carbons (Fsp3) is 0.280. The Balaban J connectivity index is 1.68. The molecule has 4 rings (SSSR count). The van der Waals surface area contributed by atoms with Crippen LogP contribution in [0, 0.1) is 0 Å². The van der Waals surface area contributed by atoms with Gasteiger partial charge in [0.15, 0.2) is 0 Å². The summed E-state index contributed by atoms with van der Waals surface area (Å²) in [6.07, 6.45) is 4.00. The van der Waals surface area contributed by atoms with Crippen LogP contribution in [0.5, 0.6) is 5.75 Å². The maximum absolute atomic E-state index is 13.0. The summed E-state index contributed by atoms with van der Waals surface area (Å²) in [6, 6.07) is 11.6. The number of ether oxygens (including phenoxy) is 1. The van der Waals surface area contributed by atoms with Gasteiger partial charge in [-0.05, 0) is 67.9 Å². The lowest BCUT2D eigenvalue weighted by Gasteiger charge is -2.41. The van der Waals surface area contributed by atoms with Crippen molar-refractivity contribution < 1.29 is 14.3 Å². The Hall–Kier alpha value is -2.51. The molecule has 166 valence electrons. The molecule has 0 saturated carbocycles. The summed E-state index contributed by atoms with van der Waals surface area (Å²) < 4.78 is 6.61. The van der Waals surface area contributed by atoms with Crippen molar-refractivity contribution in [2.24, 2.45) is 0 Å². The van der Waals surface area contributed by atoms with E-state index >= 15 is 0 Å². The number of imide groups is 1. The normalized spacial score (nSPS) is 18.8. The van der Waals surface area contributed by atoms with E-state index in [2.05, 4.69) is 54.7 Å². The number of fused-ring (bicyclic) bond motifs is 1. The molecule has 7 heteroatoms.